The van der Waals surface area contributed by atoms with Gasteiger partial charge >= 0.3 is 0 Å². The van der Waals surface area contributed by atoms with Gasteiger partial charge in [-0.3, -0.25) is 0 Å². The van der Waals surface area contributed by atoms with Crippen LogP contribution in [-0.4, -0.2) is 45.2 Å². The molecule has 0 aromatic carbocycles. The van der Waals surface area contributed by atoms with Gasteiger partial charge in [-0.25, -0.2) is 12.7 Å². The topological polar surface area (TPSA) is 49.4 Å². The summed E-state index contributed by atoms with van der Waals surface area (Å²) in [6.07, 6.45) is 6.94. The molecular formula is C15H32N2O2S. The highest BCUT2D eigenvalue weighted by molar-refractivity contribution is 7.88. The number of nitrogens with one attached hydrogen (secondary N) is 1. The van der Waals surface area contributed by atoms with Gasteiger partial charge in [0.05, 0.1) is 6.26 Å². The van der Waals surface area contributed by atoms with E-state index < -0.39 is 10.0 Å². The Hall–Kier alpha value is -0.130. The van der Waals surface area contributed by atoms with Crippen LogP contribution in [0.25, 0.3) is 0 Å². The van der Waals surface area contributed by atoms with Gasteiger partial charge in [-0.05, 0) is 56.5 Å². The molecule has 1 aliphatic rings. The third-order valence-electron chi connectivity index (χ3n) is 4.20. The Morgan fingerprint density at radius 2 is 2.00 bits per heavy atom. The highest BCUT2D eigenvalue weighted by atomic mass is 32.2. The molecule has 5 heteroatoms. The number of nitrogens with zero attached hydrogens (tertiary/aromatic N) is 1. The lowest BCUT2D eigenvalue weighted by atomic mass is 9.78. The summed E-state index contributed by atoms with van der Waals surface area (Å²) in [5, 5.41) is 3.46. The summed E-state index contributed by atoms with van der Waals surface area (Å²) in [5.74, 6) is 0.514. The van der Waals surface area contributed by atoms with E-state index in [2.05, 4.69) is 26.1 Å². The van der Waals surface area contributed by atoms with Crippen LogP contribution < -0.4 is 5.32 Å². The molecule has 1 aliphatic heterocycles. The lowest BCUT2D eigenvalue weighted by Gasteiger charge is -2.36. The first-order chi connectivity index (χ1) is 9.24. The zero-order valence-corrected chi connectivity index (χ0v) is 14.4. The summed E-state index contributed by atoms with van der Waals surface area (Å²) in [6, 6.07) is 0. The van der Waals surface area contributed by atoms with Gasteiger partial charge in [0, 0.05) is 13.1 Å². The molecule has 120 valence electrons. The molecule has 4 nitrogen and oxygen atoms in total. The maximum absolute atomic E-state index is 11.7. The SMILES string of the molecule is CCCNCCC(C)(C)CC1CCCN(S(C)(=O)=O)C1. The lowest BCUT2D eigenvalue weighted by molar-refractivity contribution is 0.181. The Morgan fingerprint density at radius 1 is 1.30 bits per heavy atom. The van der Waals surface area contributed by atoms with Crippen LogP contribution in [0.4, 0.5) is 0 Å². The van der Waals surface area contributed by atoms with Gasteiger partial charge in [0.2, 0.25) is 10.0 Å². The van der Waals surface area contributed by atoms with E-state index in [9.17, 15) is 8.42 Å². The molecule has 0 aliphatic carbocycles. The van der Waals surface area contributed by atoms with E-state index in [1.807, 2.05) is 0 Å². The monoisotopic (exact) mass is 304 g/mol. The molecule has 1 unspecified atom stereocenters. The second-order valence-corrected chi connectivity index (χ2v) is 8.98. The van der Waals surface area contributed by atoms with Crippen LogP contribution >= 0.6 is 0 Å². The van der Waals surface area contributed by atoms with Crippen molar-refractivity contribution in [2.75, 3.05) is 32.4 Å². The molecular weight excluding hydrogens is 272 g/mol. The average molecular weight is 304 g/mol. The Balaban J connectivity index is 2.42. The molecule has 1 heterocycles. The van der Waals surface area contributed by atoms with Crippen molar-refractivity contribution in [1.82, 2.24) is 9.62 Å². The third kappa shape index (κ3) is 6.55. The number of piperidine rings is 1. The second-order valence-electron chi connectivity index (χ2n) is 7.00. The normalized spacial score (nSPS) is 22.1. The Labute approximate surface area is 125 Å². The van der Waals surface area contributed by atoms with Crippen molar-refractivity contribution >= 4 is 10.0 Å². The number of hydrogen-bond acceptors (Lipinski definition) is 3. The van der Waals surface area contributed by atoms with Crippen molar-refractivity contribution in [3.05, 3.63) is 0 Å². The number of sulfonamides is 1. The molecule has 1 fully saturated rings. The van der Waals surface area contributed by atoms with Crippen molar-refractivity contribution in [2.45, 2.75) is 52.9 Å². The van der Waals surface area contributed by atoms with Crippen molar-refractivity contribution in [1.29, 1.82) is 0 Å². The number of hydrogen-bond donors (Lipinski definition) is 1. The maximum Gasteiger partial charge on any atom is 0.211 e. The van der Waals surface area contributed by atoms with Gasteiger partial charge in [-0.1, -0.05) is 20.8 Å². The fourth-order valence-electron chi connectivity index (χ4n) is 3.11. The standard InChI is InChI=1S/C15H32N2O2S/c1-5-9-16-10-8-15(2,3)12-14-7-6-11-17(13-14)20(4,18)19/h14,16H,5-13H2,1-4H3. The Kier molecular flexibility index (Phi) is 6.95. The largest absolute Gasteiger partial charge is 0.317 e. The summed E-state index contributed by atoms with van der Waals surface area (Å²) in [7, 11) is -3.02. The van der Waals surface area contributed by atoms with Crippen LogP contribution in [0, 0.1) is 11.3 Å². The summed E-state index contributed by atoms with van der Waals surface area (Å²) in [5.41, 5.74) is 0.284. The second kappa shape index (κ2) is 7.76. The summed E-state index contributed by atoms with van der Waals surface area (Å²) < 4.78 is 25.0. The van der Waals surface area contributed by atoms with Gasteiger partial charge in [0.15, 0.2) is 0 Å². The van der Waals surface area contributed by atoms with Crippen LogP contribution in [-0.2, 0) is 10.0 Å². The fourth-order valence-corrected chi connectivity index (χ4v) is 4.05. The molecule has 1 N–H and O–H groups in total. The van der Waals surface area contributed by atoms with Gasteiger partial charge in [-0.2, -0.15) is 0 Å². The molecule has 1 atom stereocenters. The Bertz CT molecular complexity index is 379. The minimum atomic E-state index is -3.02. The summed E-state index contributed by atoms with van der Waals surface area (Å²) in [6.45, 7) is 10.4. The molecule has 1 rings (SSSR count). The molecule has 0 aromatic heterocycles. The lowest BCUT2D eigenvalue weighted by Crippen LogP contribution is -2.40. The number of rotatable bonds is 8. The first-order valence-corrected chi connectivity index (χ1v) is 9.75. The molecule has 0 bridgehead atoms. The van der Waals surface area contributed by atoms with E-state index in [4.69, 9.17) is 0 Å². The third-order valence-corrected chi connectivity index (χ3v) is 5.47. The van der Waals surface area contributed by atoms with Gasteiger partial charge in [-0.15, -0.1) is 0 Å². The van der Waals surface area contributed by atoms with Crippen molar-refractivity contribution in [2.24, 2.45) is 11.3 Å². The van der Waals surface area contributed by atoms with Crippen molar-refractivity contribution in [3.63, 3.8) is 0 Å². The average Bonchev–Trinajstić information content (AvgIpc) is 2.33. The zero-order chi connectivity index (χ0) is 15.2. The molecule has 0 amide bonds. The molecule has 20 heavy (non-hydrogen) atoms. The predicted octanol–water partition coefficient (Wildman–Crippen LogP) is 2.46. The first kappa shape index (κ1) is 17.9. The molecule has 0 radical (unpaired) electrons. The molecule has 0 spiro atoms. The molecule has 1 saturated heterocycles. The summed E-state index contributed by atoms with van der Waals surface area (Å²) in [4.78, 5) is 0. The maximum atomic E-state index is 11.7. The van der Waals surface area contributed by atoms with Crippen LogP contribution in [0.15, 0.2) is 0 Å². The van der Waals surface area contributed by atoms with E-state index in [0.29, 0.717) is 19.0 Å². The van der Waals surface area contributed by atoms with Crippen molar-refractivity contribution in [3.8, 4) is 0 Å². The van der Waals surface area contributed by atoms with Gasteiger partial charge in [0.25, 0.3) is 0 Å². The van der Waals surface area contributed by atoms with E-state index >= 15 is 0 Å². The van der Waals surface area contributed by atoms with Crippen LogP contribution in [0.3, 0.4) is 0 Å². The minimum absolute atomic E-state index is 0.284. The van der Waals surface area contributed by atoms with Crippen LogP contribution in [0.2, 0.25) is 0 Å². The van der Waals surface area contributed by atoms with E-state index in [-0.39, 0.29) is 5.41 Å². The fraction of sp³-hybridized carbons (Fsp3) is 1.00. The molecule has 0 saturated carbocycles. The van der Waals surface area contributed by atoms with Gasteiger partial charge < -0.3 is 5.32 Å². The van der Waals surface area contributed by atoms with E-state index in [1.165, 1.54) is 12.7 Å². The first-order valence-electron chi connectivity index (χ1n) is 7.90. The minimum Gasteiger partial charge on any atom is -0.317 e. The van der Waals surface area contributed by atoms with E-state index in [1.54, 1.807) is 4.31 Å². The molecule has 0 aromatic rings. The van der Waals surface area contributed by atoms with Crippen LogP contribution in [0.5, 0.6) is 0 Å². The quantitative estimate of drug-likeness (QED) is 0.701. The predicted molar refractivity (Wildman–Crippen MR) is 85.3 cm³/mol. The van der Waals surface area contributed by atoms with Gasteiger partial charge in [0.1, 0.15) is 0 Å². The van der Waals surface area contributed by atoms with Crippen LogP contribution in [0.1, 0.15) is 52.9 Å². The Morgan fingerprint density at radius 3 is 2.60 bits per heavy atom. The van der Waals surface area contributed by atoms with E-state index in [0.717, 1.165) is 38.8 Å². The zero-order valence-electron chi connectivity index (χ0n) is 13.6. The summed E-state index contributed by atoms with van der Waals surface area (Å²) >= 11 is 0. The highest BCUT2D eigenvalue weighted by Crippen LogP contribution is 2.33. The van der Waals surface area contributed by atoms with Crippen molar-refractivity contribution < 1.29 is 8.42 Å². The smallest absolute Gasteiger partial charge is 0.211 e. The highest BCUT2D eigenvalue weighted by Gasteiger charge is 2.30.